The zero-order chi connectivity index (χ0) is 15.9. The summed E-state index contributed by atoms with van der Waals surface area (Å²) in [5, 5.41) is 2.86. The third-order valence-corrected chi connectivity index (χ3v) is 4.86. The van der Waals surface area contributed by atoms with Gasteiger partial charge in [0, 0.05) is 20.4 Å². The first kappa shape index (κ1) is 16.9. The lowest BCUT2D eigenvalue weighted by molar-refractivity contribution is -0.117. The van der Waals surface area contributed by atoms with E-state index in [9.17, 15) is 4.79 Å². The SMILES string of the molecule is CCC(N)C(=O)Nc1cccc(Sc2cccc(SC)c2)c1. The number of nitrogens with one attached hydrogen (secondary N) is 1. The highest BCUT2D eigenvalue weighted by molar-refractivity contribution is 7.99. The van der Waals surface area contributed by atoms with Crippen molar-refractivity contribution in [1.29, 1.82) is 0 Å². The Bertz CT molecular complexity index is 646. The number of thioether (sulfide) groups is 1. The van der Waals surface area contributed by atoms with Crippen LogP contribution in [0.2, 0.25) is 0 Å². The summed E-state index contributed by atoms with van der Waals surface area (Å²) in [6.07, 6.45) is 2.69. The summed E-state index contributed by atoms with van der Waals surface area (Å²) in [6, 6.07) is 15.8. The number of benzene rings is 2. The van der Waals surface area contributed by atoms with Crippen molar-refractivity contribution >= 4 is 35.1 Å². The number of nitrogens with two attached hydrogens (primary N) is 1. The van der Waals surface area contributed by atoms with Crippen molar-refractivity contribution in [1.82, 2.24) is 0 Å². The van der Waals surface area contributed by atoms with Crippen LogP contribution >= 0.6 is 23.5 Å². The molecule has 0 saturated heterocycles. The first-order valence-corrected chi connectivity index (χ1v) is 9.15. The highest BCUT2D eigenvalue weighted by atomic mass is 32.2. The van der Waals surface area contributed by atoms with E-state index in [1.165, 1.54) is 9.79 Å². The van der Waals surface area contributed by atoms with Gasteiger partial charge in [-0.05, 0) is 49.1 Å². The molecule has 2 aromatic carbocycles. The highest BCUT2D eigenvalue weighted by Gasteiger charge is 2.11. The van der Waals surface area contributed by atoms with Gasteiger partial charge in [0.15, 0.2) is 0 Å². The third-order valence-electron chi connectivity index (χ3n) is 3.16. The molecule has 3 N–H and O–H groups in total. The number of anilines is 1. The van der Waals surface area contributed by atoms with Gasteiger partial charge in [0.1, 0.15) is 0 Å². The topological polar surface area (TPSA) is 55.1 Å². The number of carbonyl (C=O) groups is 1. The minimum Gasteiger partial charge on any atom is -0.325 e. The molecule has 22 heavy (non-hydrogen) atoms. The van der Waals surface area contributed by atoms with Crippen LogP contribution in [0.25, 0.3) is 0 Å². The number of hydrogen-bond acceptors (Lipinski definition) is 4. The van der Waals surface area contributed by atoms with E-state index in [0.29, 0.717) is 6.42 Å². The predicted octanol–water partition coefficient (Wildman–Crippen LogP) is 4.24. The summed E-state index contributed by atoms with van der Waals surface area (Å²) < 4.78 is 0. The van der Waals surface area contributed by atoms with Crippen LogP contribution in [0.3, 0.4) is 0 Å². The Labute approximate surface area is 140 Å². The van der Waals surface area contributed by atoms with Crippen molar-refractivity contribution in [2.75, 3.05) is 11.6 Å². The lowest BCUT2D eigenvalue weighted by atomic mass is 10.2. The average molecular weight is 332 g/mol. The largest absolute Gasteiger partial charge is 0.325 e. The Balaban J connectivity index is 2.09. The maximum Gasteiger partial charge on any atom is 0.241 e. The van der Waals surface area contributed by atoms with Gasteiger partial charge in [-0.15, -0.1) is 11.8 Å². The maximum atomic E-state index is 11.9. The molecule has 0 fully saturated rings. The summed E-state index contributed by atoms with van der Waals surface area (Å²) in [4.78, 5) is 15.4. The monoisotopic (exact) mass is 332 g/mol. The fourth-order valence-electron chi connectivity index (χ4n) is 1.86. The summed E-state index contributed by atoms with van der Waals surface area (Å²) in [5.74, 6) is -0.144. The molecule has 0 aliphatic rings. The normalized spacial score (nSPS) is 12.0. The molecule has 2 aromatic rings. The first-order valence-electron chi connectivity index (χ1n) is 7.10. The molecule has 0 heterocycles. The Kier molecular flexibility index (Phi) is 6.36. The fraction of sp³-hybridized carbons (Fsp3) is 0.235. The van der Waals surface area contributed by atoms with Crippen molar-refractivity contribution in [3.05, 3.63) is 48.5 Å². The molecule has 1 atom stereocenters. The van der Waals surface area contributed by atoms with Gasteiger partial charge in [-0.1, -0.05) is 30.8 Å². The van der Waals surface area contributed by atoms with Crippen molar-refractivity contribution in [3.8, 4) is 0 Å². The van der Waals surface area contributed by atoms with E-state index in [2.05, 4.69) is 35.8 Å². The lowest BCUT2D eigenvalue weighted by Gasteiger charge is -2.11. The van der Waals surface area contributed by atoms with E-state index in [0.717, 1.165) is 10.6 Å². The Hall–Kier alpha value is -1.43. The molecule has 0 saturated carbocycles. The van der Waals surface area contributed by atoms with Crippen LogP contribution in [0.5, 0.6) is 0 Å². The van der Waals surface area contributed by atoms with Gasteiger partial charge in [0.05, 0.1) is 6.04 Å². The van der Waals surface area contributed by atoms with E-state index < -0.39 is 6.04 Å². The van der Waals surface area contributed by atoms with Crippen LogP contribution in [-0.2, 0) is 4.79 Å². The van der Waals surface area contributed by atoms with Crippen LogP contribution in [0.4, 0.5) is 5.69 Å². The van der Waals surface area contributed by atoms with Crippen molar-refractivity contribution < 1.29 is 4.79 Å². The van der Waals surface area contributed by atoms with Gasteiger partial charge in [-0.3, -0.25) is 4.79 Å². The van der Waals surface area contributed by atoms with E-state index in [1.54, 1.807) is 23.5 Å². The molecular formula is C17H20N2OS2. The van der Waals surface area contributed by atoms with Crippen LogP contribution in [-0.4, -0.2) is 18.2 Å². The fourth-order valence-corrected chi connectivity index (χ4v) is 3.33. The standard InChI is InChI=1S/C17H20N2OS2/c1-3-16(18)17(20)19-12-6-4-8-14(10-12)22-15-9-5-7-13(11-15)21-2/h4-11,16H,3,18H2,1-2H3,(H,19,20). The third kappa shape index (κ3) is 4.80. The number of amides is 1. The molecule has 1 unspecified atom stereocenters. The highest BCUT2D eigenvalue weighted by Crippen LogP contribution is 2.31. The number of carbonyl (C=O) groups excluding carboxylic acids is 1. The van der Waals surface area contributed by atoms with Crippen LogP contribution in [0.1, 0.15) is 13.3 Å². The van der Waals surface area contributed by atoms with Gasteiger partial charge in [-0.2, -0.15) is 0 Å². The van der Waals surface area contributed by atoms with E-state index in [4.69, 9.17) is 5.73 Å². The Morgan fingerprint density at radius 1 is 1.14 bits per heavy atom. The zero-order valence-electron chi connectivity index (χ0n) is 12.7. The first-order chi connectivity index (χ1) is 10.6. The van der Waals surface area contributed by atoms with Crippen LogP contribution in [0, 0.1) is 0 Å². The van der Waals surface area contributed by atoms with Crippen molar-refractivity contribution in [3.63, 3.8) is 0 Å². The lowest BCUT2D eigenvalue weighted by Crippen LogP contribution is -2.34. The van der Waals surface area contributed by atoms with E-state index in [1.807, 2.05) is 31.2 Å². The average Bonchev–Trinajstić information content (AvgIpc) is 2.54. The molecule has 0 aromatic heterocycles. The smallest absolute Gasteiger partial charge is 0.241 e. The quantitative estimate of drug-likeness (QED) is 0.777. The molecule has 5 heteroatoms. The summed E-state index contributed by atoms with van der Waals surface area (Å²) in [6.45, 7) is 1.90. The molecule has 2 rings (SSSR count). The number of hydrogen-bond donors (Lipinski definition) is 2. The molecule has 0 aliphatic carbocycles. The minimum absolute atomic E-state index is 0.144. The van der Waals surface area contributed by atoms with Gasteiger partial charge in [0.25, 0.3) is 0 Å². The van der Waals surface area contributed by atoms with Gasteiger partial charge < -0.3 is 11.1 Å². The second-order valence-corrected chi connectivity index (χ2v) is 6.84. The predicted molar refractivity (Wildman–Crippen MR) is 95.7 cm³/mol. The van der Waals surface area contributed by atoms with E-state index >= 15 is 0 Å². The number of rotatable bonds is 6. The molecule has 0 aliphatic heterocycles. The van der Waals surface area contributed by atoms with Gasteiger partial charge >= 0.3 is 0 Å². The van der Waals surface area contributed by atoms with Crippen molar-refractivity contribution in [2.24, 2.45) is 5.73 Å². The van der Waals surface area contributed by atoms with Gasteiger partial charge in [-0.25, -0.2) is 0 Å². The maximum absolute atomic E-state index is 11.9. The second-order valence-electron chi connectivity index (χ2n) is 4.81. The van der Waals surface area contributed by atoms with Crippen molar-refractivity contribution in [2.45, 2.75) is 34.1 Å². The Morgan fingerprint density at radius 3 is 2.45 bits per heavy atom. The summed E-state index contributed by atoms with van der Waals surface area (Å²) in [5.41, 5.74) is 6.52. The zero-order valence-corrected chi connectivity index (χ0v) is 14.3. The van der Waals surface area contributed by atoms with Crippen LogP contribution < -0.4 is 11.1 Å². The molecule has 0 radical (unpaired) electrons. The molecule has 0 bridgehead atoms. The molecule has 0 spiro atoms. The summed E-state index contributed by atoms with van der Waals surface area (Å²) in [7, 11) is 0. The van der Waals surface area contributed by atoms with Gasteiger partial charge in [0.2, 0.25) is 5.91 Å². The summed E-state index contributed by atoms with van der Waals surface area (Å²) >= 11 is 3.40. The molecular weight excluding hydrogens is 312 g/mol. The minimum atomic E-state index is -0.463. The second kappa shape index (κ2) is 8.27. The Morgan fingerprint density at radius 2 is 1.77 bits per heavy atom. The molecule has 116 valence electrons. The van der Waals surface area contributed by atoms with E-state index in [-0.39, 0.29) is 5.91 Å². The van der Waals surface area contributed by atoms with Crippen LogP contribution in [0.15, 0.2) is 63.2 Å². The molecule has 1 amide bonds. The molecule has 3 nitrogen and oxygen atoms in total.